The molecular weight excluding hydrogens is 372 g/mol. The Bertz CT molecular complexity index is 1160. The first kappa shape index (κ1) is 19.6. The van der Waals surface area contributed by atoms with Crippen LogP contribution in [0.2, 0.25) is 0 Å². The zero-order valence-electron chi connectivity index (χ0n) is 16.6. The molecule has 148 valence electrons. The monoisotopic (exact) mass is 394 g/mol. The van der Waals surface area contributed by atoms with Gasteiger partial charge in [0.05, 0.1) is 5.71 Å². The Balaban J connectivity index is 1.70. The average Bonchev–Trinajstić information content (AvgIpc) is 2.82. The van der Waals surface area contributed by atoms with Gasteiger partial charge in [-0.25, -0.2) is 5.43 Å². The summed E-state index contributed by atoms with van der Waals surface area (Å²) in [5, 5.41) is 18.0. The van der Waals surface area contributed by atoms with E-state index in [0.29, 0.717) is 16.8 Å². The van der Waals surface area contributed by atoms with Crippen molar-refractivity contribution in [3.8, 4) is 0 Å². The van der Waals surface area contributed by atoms with E-state index in [4.69, 9.17) is 0 Å². The maximum Gasteiger partial charge on any atom is 0.281 e. The summed E-state index contributed by atoms with van der Waals surface area (Å²) in [5.74, 6) is -0.612. The van der Waals surface area contributed by atoms with Crippen molar-refractivity contribution in [2.45, 2.75) is 12.5 Å². The maximum absolute atomic E-state index is 13.2. The molecule has 0 unspecified atom stereocenters. The number of hydrogen-bond donors (Lipinski definition) is 2. The van der Waals surface area contributed by atoms with Crippen molar-refractivity contribution >= 4 is 22.4 Å². The van der Waals surface area contributed by atoms with Crippen molar-refractivity contribution in [2.24, 2.45) is 5.10 Å². The molecule has 0 spiro atoms. The van der Waals surface area contributed by atoms with Crippen LogP contribution in [0.4, 0.5) is 0 Å². The number of hydrazone groups is 1. The summed E-state index contributed by atoms with van der Waals surface area (Å²) in [6, 6.07) is 31.8. The van der Waals surface area contributed by atoms with Gasteiger partial charge in [0, 0.05) is 5.56 Å². The Morgan fingerprint density at radius 1 is 0.767 bits per heavy atom. The summed E-state index contributed by atoms with van der Waals surface area (Å²) in [4.78, 5) is 13.2. The first-order valence-electron chi connectivity index (χ1n) is 9.77. The molecule has 4 aromatic carbocycles. The highest BCUT2D eigenvalue weighted by atomic mass is 16.3. The summed E-state index contributed by atoms with van der Waals surface area (Å²) < 4.78 is 0. The molecule has 0 bridgehead atoms. The second-order valence-electron chi connectivity index (χ2n) is 7.11. The number of nitrogens with zero attached hydrogens (tertiary/aromatic N) is 1. The second-order valence-corrected chi connectivity index (χ2v) is 7.11. The lowest BCUT2D eigenvalue weighted by atomic mass is 9.85. The molecule has 0 saturated heterocycles. The SMILES string of the molecule is CC(=NNC(=O)C(O)(c1ccccc1)c1ccccc1)c1cccc2ccccc12. The van der Waals surface area contributed by atoms with Gasteiger partial charge in [0.15, 0.2) is 5.60 Å². The molecule has 0 saturated carbocycles. The minimum atomic E-state index is -1.86. The van der Waals surface area contributed by atoms with Crippen molar-refractivity contribution < 1.29 is 9.90 Å². The van der Waals surface area contributed by atoms with Gasteiger partial charge in [-0.2, -0.15) is 5.10 Å². The van der Waals surface area contributed by atoms with Gasteiger partial charge in [-0.1, -0.05) is 103 Å². The number of aliphatic hydroxyl groups is 1. The number of fused-ring (bicyclic) bond motifs is 1. The van der Waals surface area contributed by atoms with E-state index in [2.05, 4.69) is 10.5 Å². The molecule has 1 amide bonds. The van der Waals surface area contributed by atoms with Gasteiger partial charge in [-0.3, -0.25) is 4.79 Å². The largest absolute Gasteiger partial charge is 0.372 e. The summed E-state index contributed by atoms with van der Waals surface area (Å²) in [5.41, 5.74) is 3.27. The van der Waals surface area contributed by atoms with E-state index in [-0.39, 0.29) is 0 Å². The van der Waals surface area contributed by atoms with E-state index >= 15 is 0 Å². The predicted molar refractivity (Wildman–Crippen MR) is 120 cm³/mol. The predicted octanol–water partition coefficient (Wildman–Crippen LogP) is 4.62. The summed E-state index contributed by atoms with van der Waals surface area (Å²) in [6.07, 6.45) is 0. The smallest absolute Gasteiger partial charge is 0.281 e. The van der Waals surface area contributed by atoms with Crippen LogP contribution in [0, 0.1) is 0 Å². The van der Waals surface area contributed by atoms with Crippen LogP contribution in [0.15, 0.2) is 108 Å². The summed E-state index contributed by atoms with van der Waals surface area (Å²) >= 11 is 0. The highest BCUT2D eigenvalue weighted by molar-refractivity contribution is 6.10. The Morgan fingerprint density at radius 2 is 1.30 bits per heavy atom. The number of carbonyl (C=O) groups excluding carboxylic acids is 1. The molecule has 0 aliphatic carbocycles. The van der Waals surface area contributed by atoms with Gasteiger partial charge in [-0.05, 0) is 28.8 Å². The van der Waals surface area contributed by atoms with Crippen molar-refractivity contribution in [3.63, 3.8) is 0 Å². The molecule has 0 aliphatic rings. The maximum atomic E-state index is 13.2. The quantitative estimate of drug-likeness (QED) is 0.383. The van der Waals surface area contributed by atoms with Crippen LogP contribution in [0.5, 0.6) is 0 Å². The lowest BCUT2D eigenvalue weighted by molar-refractivity contribution is -0.136. The third-order valence-corrected chi connectivity index (χ3v) is 5.22. The standard InChI is InChI=1S/C26H22N2O2/c1-19(23-18-10-12-20-11-8-9-17-24(20)23)27-28-25(29)26(30,21-13-4-2-5-14-21)22-15-6-3-7-16-22/h2-18,30H,1H3,(H,28,29). The van der Waals surface area contributed by atoms with E-state index in [1.165, 1.54) is 0 Å². The Labute approximate surface area is 175 Å². The van der Waals surface area contributed by atoms with E-state index < -0.39 is 11.5 Å². The first-order chi connectivity index (χ1) is 14.6. The number of carbonyl (C=O) groups is 1. The second kappa shape index (κ2) is 8.31. The van der Waals surface area contributed by atoms with Crippen LogP contribution in [0.1, 0.15) is 23.6 Å². The highest BCUT2D eigenvalue weighted by Gasteiger charge is 2.39. The van der Waals surface area contributed by atoms with Crippen LogP contribution < -0.4 is 5.43 Å². The molecule has 0 aliphatic heterocycles. The number of amides is 1. The molecule has 2 N–H and O–H groups in total. The zero-order chi connectivity index (χ0) is 21.0. The Morgan fingerprint density at radius 3 is 1.93 bits per heavy atom. The van der Waals surface area contributed by atoms with Gasteiger partial charge in [0.2, 0.25) is 0 Å². The molecule has 0 radical (unpaired) electrons. The average molecular weight is 394 g/mol. The fourth-order valence-electron chi connectivity index (χ4n) is 3.60. The number of rotatable bonds is 5. The first-order valence-corrected chi connectivity index (χ1v) is 9.77. The Hall–Kier alpha value is -3.76. The van der Waals surface area contributed by atoms with Crippen molar-refractivity contribution in [2.75, 3.05) is 0 Å². The molecule has 30 heavy (non-hydrogen) atoms. The van der Waals surface area contributed by atoms with Crippen molar-refractivity contribution in [1.82, 2.24) is 5.43 Å². The Kier molecular flexibility index (Phi) is 5.42. The molecule has 0 atom stereocenters. The lowest BCUT2D eigenvalue weighted by Crippen LogP contribution is -2.43. The fourth-order valence-corrected chi connectivity index (χ4v) is 3.60. The van der Waals surface area contributed by atoms with Crippen LogP contribution in [-0.2, 0) is 10.4 Å². The molecule has 4 heteroatoms. The lowest BCUT2D eigenvalue weighted by Gasteiger charge is -2.27. The van der Waals surface area contributed by atoms with Crippen LogP contribution in [0.3, 0.4) is 0 Å². The van der Waals surface area contributed by atoms with E-state index in [1.807, 2.05) is 61.5 Å². The molecule has 4 aromatic rings. The molecule has 0 aromatic heterocycles. The fraction of sp³-hybridized carbons (Fsp3) is 0.0769. The van der Waals surface area contributed by atoms with Gasteiger partial charge in [0.25, 0.3) is 5.91 Å². The third-order valence-electron chi connectivity index (χ3n) is 5.22. The van der Waals surface area contributed by atoms with Crippen molar-refractivity contribution in [1.29, 1.82) is 0 Å². The third kappa shape index (κ3) is 3.61. The van der Waals surface area contributed by atoms with E-state index in [1.54, 1.807) is 48.5 Å². The normalized spacial score (nSPS) is 12.0. The minimum Gasteiger partial charge on any atom is -0.372 e. The molecule has 4 rings (SSSR count). The number of benzene rings is 4. The van der Waals surface area contributed by atoms with Crippen LogP contribution in [0.25, 0.3) is 10.8 Å². The van der Waals surface area contributed by atoms with Crippen LogP contribution in [-0.4, -0.2) is 16.7 Å². The van der Waals surface area contributed by atoms with Gasteiger partial charge < -0.3 is 5.11 Å². The number of hydrogen-bond acceptors (Lipinski definition) is 3. The van der Waals surface area contributed by atoms with E-state index in [9.17, 15) is 9.90 Å². The zero-order valence-corrected chi connectivity index (χ0v) is 16.6. The van der Waals surface area contributed by atoms with Gasteiger partial charge in [0.1, 0.15) is 0 Å². The van der Waals surface area contributed by atoms with Gasteiger partial charge >= 0.3 is 0 Å². The molecule has 0 fully saturated rings. The van der Waals surface area contributed by atoms with E-state index in [0.717, 1.165) is 16.3 Å². The molecular formula is C26H22N2O2. The number of nitrogens with one attached hydrogen (secondary N) is 1. The minimum absolute atomic E-state index is 0.478. The van der Waals surface area contributed by atoms with Crippen molar-refractivity contribution in [3.05, 3.63) is 120 Å². The summed E-state index contributed by atoms with van der Waals surface area (Å²) in [6.45, 7) is 1.84. The molecule has 0 heterocycles. The topological polar surface area (TPSA) is 61.7 Å². The van der Waals surface area contributed by atoms with Gasteiger partial charge in [-0.15, -0.1) is 0 Å². The van der Waals surface area contributed by atoms with Crippen LogP contribution >= 0.6 is 0 Å². The highest BCUT2D eigenvalue weighted by Crippen LogP contribution is 2.30. The molecule has 4 nitrogen and oxygen atoms in total. The summed E-state index contributed by atoms with van der Waals surface area (Å²) in [7, 11) is 0.